The summed E-state index contributed by atoms with van der Waals surface area (Å²) in [7, 11) is 0. The molecule has 1 heteroatoms. The van der Waals surface area contributed by atoms with Gasteiger partial charge in [0.1, 0.15) is 0 Å². The summed E-state index contributed by atoms with van der Waals surface area (Å²) in [6.07, 6.45) is 14.2. The smallest absolute Gasteiger partial charge is 0.0508 e. The summed E-state index contributed by atoms with van der Waals surface area (Å²) in [5.74, 6) is 6.68. The molecular weight excluding hydrogens is 723 g/mol. The first-order valence-electron chi connectivity index (χ1n) is 23.9. The lowest BCUT2D eigenvalue weighted by Crippen LogP contribution is -2.55. The zero-order chi connectivity index (χ0) is 39.3. The van der Waals surface area contributed by atoms with Gasteiger partial charge in [-0.3, -0.25) is 0 Å². The summed E-state index contributed by atoms with van der Waals surface area (Å²) in [5.41, 5.74) is 22.4. The van der Waals surface area contributed by atoms with E-state index in [-0.39, 0.29) is 16.2 Å². The maximum atomic E-state index is 2.76. The molecule has 6 aromatic rings. The van der Waals surface area contributed by atoms with Gasteiger partial charge < -0.3 is 4.90 Å². The van der Waals surface area contributed by atoms with Crippen LogP contribution in [0.4, 0.5) is 17.1 Å². The molecule has 6 aromatic carbocycles. The second-order valence-corrected chi connectivity index (χ2v) is 22.1. The van der Waals surface area contributed by atoms with Gasteiger partial charge in [-0.2, -0.15) is 0 Å². The Bertz CT molecular complexity index is 2650. The molecule has 0 aliphatic heterocycles. The Kier molecular flexibility index (Phi) is 6.38. The average molecular weight is 778 g/mol. The highest BCUT2D eigenvalue weighted by molar-refractivity contribution is 5.93. The summed E-state index contributed by atoms with van der Waals surface area (Å²) >= 11 is 0. The molecule has 8 saturated carbocycles. The van der Waals surface area contributed by atoms with Crippen molar-refractivity contribution in [2.45, 2.75) is 94.3 Å². The van der Waals surface area contributed by atoms with Gasteiger partial charge in [-0.1, -0.05) is 111 Å². The third-order valence-corrected chi connectivity index (χ3v) is 19.4. The van der Waals surface area contributed by atoms with Crippen LogP contribution in [0.3, 0.4) is 0 Å². The van der Waals surface area contributed by atoms with Crippen LogP contribution < -0.4 is 4.90 Å². The Balaban J connectivity index is 0.985. The molecule has 0 atom stereocenters. The molecule has 11 aliphatic carbocycles. The minimum atomic E-state index is -0.133. The molecule has 0 saturated heterocycles. The summed E-state index contributed by atoms with van der Waals surface area (Å²) in [4.78, 5) is 2.76. The van der Waals surface area contributed by atoms with E-state index in [0.29, 0.717) is 0 Å². The van der Waals surface area contributed by atoms with Crippen molar-refractivity contribution in [3.8, 4) is 33.4 Å². The molecule has 2 spiro atoms. The van der Waals surface area contributed by atoms with Crippen molar-refractivity contribution in [3.05, 3.63) is 161 Å². The summed E-state index contributed by atoms with van der Waals surface area (Å²) in [5, 5.41) is 0. The highest BCUT2D eigenvalue weighted by Gasteiger charge is 2.63. The fraction of sp³-hybridized carbons (Fsp3) is 0.390. The van der Waals surface area contributed by atoms with Crippen molar-refractivity contribution < 1.29 is 0 Å². The fourth-order valence-electron chi connectivity index (χ4n) is 18.0. The molecule has 0 heterocycles. The lowest BCUT2D eigenvalue weighted by molar-refractivity contribution is -0.0399. The van der Waals surface area contributed by atoms with Crippen LogP contribution in [-0.4, -0.2) is 0 Å². The lowest BCUT2D eigenvalue weighted by Gasteiger charge is -2.61. The van der Waals surface area contributed by atoms with E-state index in [4.69, 9.17) is 0 Å². The van der Waals surface area contributed by atoms with Crippen molar-refractivity contribution in [1.29, 1.82) is 0 Å². The lowest BCUT2D eigenvalue weighted by atomic mass is 9.43. The molecule has 0 aromatic heterocycles. The van der Waals surface area contributed by atoms with E-state index >= 15 is 0 Å². The van der Waals surface area contributed by atoms with E-state index in [2.05, 4.69) is 146 Å². The second-order valence-electron chi connectivity index (χ2n) is 22.1. The van der Waals surface area contributed by atoms with Crippen LogP contribution in [0.1, 0.15) is 111 Å². The highest BCUT2D eigenvalue weighted by Crippen LogP contribution is 2.72. The van der Waals surface area contributed by atoms with Crippen molar-refractivity contribution in [2.24, 2.45) is 47.3 Å². The first kappa shape index (κ1) is 33.8. The first-order valence-corrected chi connectivity index (χ1v) is 23.9. The summed E-state index contributed by atoms with van der Waals surface area (Å²) < 4.78 is 0. The van der Waals surface area contributed by atoms with Gasteiger partial charge in [-0.25, -0.2) is 0 Å². The number of hydrogen-bond donors (Lipinski definition) is 0. The van der Waals surface area contributed by atoms with Crippen LogP contribution >= 0.6 is 0 Å². The van der Waals surface area contributed by atoms with Gasteiger partial charge in [-0.15, -0.1) is 0 Å². The Morgan fingerprint density at radius 3 is 1.22 bits per heavy atom. The van der Waals surface area contributed by atoms with Crippen molar-refractivity contribution in [3.63, 3.8) is 0 Å². The second kappa shape index (κ2) is 11.3. The van der Waals surface area contributed by atoms with Crippen molar-refractivity contribution in [2.75, 3.05) is 4.90 Å². The van der Waals surface area contributed by atoms with E-state index < -0.39 is 0 Å². The standard InChI is InChI=1S/C59H55N/c1-57(2)50-14-6-3-12-46(50)49-13-9-17-55(56(49)57)60(42-18-20-47-44-10-4-7-15-51(44)58(53(47)32-42)38-24-34-22-35(26-38)27-39(58)25-34)43-19-21-48-45-11-5-8-16-52(45)59(54(48)33-43)40-28-36-23-37(30-40)31-41(59)29-36/h3-21,32-41H,22-31H2,1-2H3. The van der Waals surface area contributed by atoms with Gasteiger partial charge in [0.2, 0.25) is 0 Å². The minimum Gasteiger partial charge on any atom is -0.310 e. The number of fused-ring (bicyclic) bond motifs is 9. The predicted molar refractivity (Wildman–Crippen MR) is 245 cm³/mol. The average Bonchev–Trinajstić information content (AvgIpc) is 3.81. The maximum Gasteiger partial charge on any atom is 0.0508 e. The van der Waals surface area contributed by atoms with E-state index in [1.807, 2.05) is 0 Å². The van der Waals surface area contributed by atoms with E-state index in [1.54, 1.807) is 22.3 Å². The van der Waals surface area contributed by atoms with Crippen molar-refractivity contribution in [1.82, 2.24) is 0 Å². The Morgan fingerprint density at radius 2 is 0.750 bits per heavy atom. The zero-order valence-electron chi connectivity index (χ0n) is 35.3. The number of hydrogen-bond acceptors (Lipinski definition) is 1. The van der Waals surface area contributed by atoms with Gasteiger partial charge in [-0.05, 0) is 209 Å². The Labute approximate surface area is 356 Å². The summed E-state index contributed by atoms with van der Waals surface area (Å²) in [6, 6.07) is 51.4. The quantitative estimate of drug-likeness (QED) is 0.173. The van der Waals surface area contributed by atoms with Gasteiger partial charge in [0.25, 0.3) is 0 Å². The van der Waals surface area contributed by atoms with Crippen LogP contribution in [0.2, 0.25) is 0 Å². The maximum absolute atomic E-state index is 2.76. The van der Waals surface area contributed by atoms with E-state index in [1.165, 1.54) is 126 Å². The number of rotatable bonds is 3. The molecule has 1 nitrogen and oxygen atoms in total. The van der Waals surface area contributed by atoms with Gasteiger partial charge in [0.05, 0.1) is 5.69 Å². The van der Waals surface area contributed by atoms with E-state index in [0.717, 1.165) is 47.3 Å². The minimum absolute atomic E-state index is 0.124. The van der Waals surface area contributed by atoms with Crippen LogP contribution in [0.15, 0.2) is 127 Å². The summed E-state index contributed by atoms with van der Waals surface area (Å²) in [6.45, 7) is 4.95. The molecule has 0 unspecified atom stereocenters. The molecule has 8 fully saturated rings. The Hall–Kier alpha value is -4.88. The van der Waals surface area contributed by atoms with Crippen LogP contribution in [-0.2, 0) is 16.2 Å². The molecule has 17 rings (SSSR count). The van der Waals surface area contributed by atoms with Gasteiger partial charge in [0, 0.05) is 27.6 Å². The SMILES string of the molecule is CC1(C)c2ccccc2-c2cccc(N(c3ccc4c(c3)C3(c5ccccc5-4)C4CC5CC(C4)CC3C5)c3ccc4c(c3)C3(c5ccccc5-4)C4CC5CC(C4)CC3C5)c21. The van der Waals surface area contributed by atoms with Gasteiger partial charge in [0.15, 0.2) is 0 Å². The molecule has 0 radical (unpaired) electrons. The molecule has 0 amide bonds. The molecule has 60 heavy (non-hydrogen) atoms. The third kappa shape index (κ3) is 3.91. The van der Waals surface area contributed by atoms with Crippen LogP contribution in [0.25, 0.3) is 33.4 Å². The van der Waals surface area contributed by atoms with Crippen LogP contribution in [0, 0.1) is 47.3 Å². The first-order chi connectivity index (χ1) is 29.4. The molecule has 11 aliphatic rings. The number of nitrogens with zero attached hydrogens (tertiary/aromatic N) is 1. The molecule has 8 bridgehead atoms. The van der Waals surface area contributed by atoms with Crippen LogP contribution in [0.5, 0.6) is 0 Å². The predicted octanol–water partition coefficient (Wildman–Crippen LogP) is 14.9. The monoisotopic (exact) mass is 777 g/mol. The third-order valence-electron chi connectivity index (χ3n) is 19.4. The molecule has 0 N–H and O–H groups in total. The topological polar surface area (TPSA) is 3.24 Å². The van der Waals surface area contributed by atoms with Crippen molar-refractivity contribution >= 4 is 17.1 Å². The largest absolute Gasteiger partial charge is 0.310 e. The fourth-order valence-corrected chi connectivity index (χ4v) is 18.0. The zero-order valence-corrected chi connectivity index (χ0v) is 35.3. The number of benzene rings is 6. The van der Waals surface area contributed by atoms with E-state index in [9.17, 15) is 0 Å². The molecule has 296 valence electrons. The highest BCUT2D eigenvalue weighted by atomic mass is 15.1. The normalized spacial score (nSPS) is 34.1. The number of anilines is 3. The molecular formula is C59H55N. The van der Waals surface area contributed by atoms with Gasteiger partial charge >= 0.3 is 0 Å². The Morgan fingerprint density at radius 1 is 0.367 bits per heavy atom.